The third kappa shape index (κ3) is 4.25. The highest BCUT2D eigenvalue weighted by molar-refractivity contribution is 7.92. The van der Waals surface area contributed by atoms with Crippen LogP contribution in [0, 0.1) is 0 Å². The monoisotopic (exact) mass is 423 g/mol. The Morgan fingerprint density at radius 2 is 1.97 bits per heavy atom. The number of carbonyl (C=O) groups excluding carboxylic acids is 1. The topological polar surface area (TPSA) is 132 Å². The van der Waals surface area contributed by atoms with Crippen molar-refractivity contribution in [2.24, 2.45) is 7.05 Å². The normalized spacial score (nSPS) is 11.4. The molecule has 11 heteroatoms. The molecule has 3 aromatic heterocycles. The van der Waals surface area contributed by atoms with Crippen molar-refractivity contribution in [3.8, 4) is 11.1 Å². The van der Waals surface area contributed by atoms with Crippen molar-refractivity contribution >= 4 is 38.2 Å². The molecule has 152 valence electrons. The van der Waals surface area contributed by atoms with Crippen LogP contribution in [0.15, 0.2) is 55.2 Å². The lowest BCUT2D eigenvalue weighted by molar-refractivity contribution is 0.101. The van der Waals surface area contributed by atoms with Crippen LogP contribution in [0.2, 0.25) is 0 Å². The minimum atomic E-state index is -3.43. The quantitative estimate of drug-likeness (QED) is 0.502. The SMILES string of the molecule is Cn1cc(-c2cnccc2NC(=O)c2ncc3ccc(NS(C)(=O)=O)cc3n2)cn1. The Hall–Kier alpha value is -3.86. The Morgan fingerprint density at radius 1 is 1.13 bits per heavy atom. The molecule has 4 aromatic rings. The lowest BCUT2D eigenvalue weighted by Crippen LogP contribution is -2.16. The lowest BCUT2D eigenvalue weighted by Gasteiger charge is -2.09. The Balaban J connectivity index is 1.64. The second kappa shape index (κ2) is 7.52. The predicted molar refractivity (Wildman–Crippen MR) is 112 cm³/mol. The van der Waals surface area contributed by atoms with Gasteiger partial charge in [-0.15, -0.1) is 0 Å². The molecule has 0 bridgehead atoms. The maximum atomic E-state index is 12.8. The van der Waals surface area contributed by atoms with Crippen LogP contribution in [0.5, 0.6) is 0 Å². The van der Waals surface area contributed by atoms with Gasteiger partial charge in [0.05, 0.1) is 29.3 Å². The molecule has 0 saturated heterocycles. The highest BCUT2D eigenvalue weighted by atomic mass is 32.2. The van der Waals surface area contributed by atoms with Gasteiger partial charge in [-0.25, -0.2) is 18.4 Å². The summed E-state index contributed by atoms with van der Waals surface area (Å²) >= 11 is 0. The fourth-order valence-corrected chi connectivity index (χ4v) is 3.44. The number of sulfonamides is 1. The first-order valence-corrected chi connectivity index (χ1v) is 10.7. The van der Waals surface area contributed by atoms with Crippen molar-refractivity contribution in [2.45, 2.75) is 0 Å². The minimum absolute atomic E-state index is 0.0482. The average molecular weight is 423 g/mol. The number of aromatic nitrogens is 5. The number of nitrogens with zero attached hydrogens (tertiary/aromatic N) is 5. The van der Waals surface area contributed by atoms with Crippen molar-refractivity contribution < 1.29 is 13.2 Å². The highest BCUT2D eigenvalue weighted by Crippen LogP contribution is 2.26. The number of hydrogen-bond acceptors (Lipinski definition) is 7. The molecule has 0 aliphatic heterocycles. The summed E-state index contributed by atoms with van der Waals surface area (Å²) in [6.07, 6.45) is 9.27. The van der Waals surface area contributed by atoms with Crippen molar-refractivity contribution in [3.63, 3.8) is 0 Å². The van der Waals surface area contributed by atoms with Gasteiger partial charge < -0.3 is 5.32 Å². The first-order valence-electron chi connectivity index (χ1n) is 8.77. The van der Waals surface area contributed by atoms with Crippen LogP contribution in [-0.2, 0) is 17.1 Å². The van der Waals surface area contributed by atoms with Crippen LogP contribution in [0.3, 0.4) is 0 Å². The number of aryl methyl sites for hydroxylation is 1. The van der Waals surface area contributed by atoms with Gasteiger partial charge in [0.2, 0.25) is 15.8 Å². The maximum Gasteiger partial charge on any atom is 0.293 e. The number of hydrogen-bond donors (Lipinski definition) is 2. The van der Waals surface area contributed by atoms with Gasteiger partial charge in [-0.05, 0) is 24.3 Å². The van der Waals surface area contributed by atoms with Gasteiger partial charge in [-0.3, -0.25) is 19.2 Å². The van der Waals surface area contributed by atoms with E-state index in [1.807, 2.05) is 6.20 Å². The van der Waals surface area contributed by atoms with E-state index < -0.39 is 15.9 Å². The van der Waals surface area contributed by atoms with E-state index in [4.69, 9.17) is 0 Å². The standard InChI is InChI=1S/C19H17N7O3S/c1-26-11-13(9-22-26)15-10-20-6-5-16(15)24-19(27)18-21-8-12-3-4-14(7-17(12)23-18)25-30(2,28)29/h3-11,25H,1-2H3,(H,20,24,27). The number of benzene rings is 1. The molecule has 10 nitrogen and oxygen atoms in total. The third-order valence-corrected chi connectivity index (χ3v) is 4.78. The summed E-state index contributed by atoms with van der Waals surface area (Å²) in [7, 11) is -1.63. The van der Waals surface area contributed by atoms with Gasteiger partial charge in [0.25, 0.3) is 5.91 Å². The fourth-order valence-electron chi connectivity index (χ4n) is 2.88. The Kier molecular flexibility index (Phi) is 4.88. The number of pyridine rings is 1. The van der Waals surface area contributed by atoms with Crippen molar-refractivity contribution in [2.75, 3.05) is 16.3 Å². The van der Waals surface area contributed by atoms with Gasteiger partial charge in [0.1, 0.15) is 0 Å². The molecule has 3 heterocycles. The Morgan fingerprint density at radius 3 is 2.70 bits per heavy atom. The number of rotatable bonds is 5. The molecule has 0 radical (unpaired) electrons. The first kappa shape index (κ1) is 19.5. The fraction of sp³-hybridized carbons (Fsp3) is 0.105. The molecule has 0 fully saturated rings. The summed E-state index contributed by atoms with van der Waals surface area (Å²) < 4.78 is 26.9. The van der Waals surface area contributed by atoms with E-state index in [0.717, 1.165) is 11.8 Å². The van der Waals surface area contributed by atoms with Crippen molar-refractivity contribution in [1.82, 2.24) is 24.7 Å². The second-order valence-corrected chi connectivity index (χ2v) is 8.37. The molecule has 4 rings (SSSR count). The molecule has 0 aliphatic carbocycles. The van der Waals surface area contributed by atoms with Gasteiger partial charge in [-0.1, -0.05) is 0 Å². The zero-order chi connectivity index (χ0) is 21.3. The van der Waals surface area contributed by atoms with E-state index in [1.54, 1.807) is 54.6 Å². The lowest BCUT2D eigenvalue weighted by atomic mass is 10.1. The van der Waals surface area contributed by atoms with Crippen LogP contribution in [0.25, 0.3) is 22.0 Å². The third-order valence-electron chi connectivity index (χ3n) is 4.17. The van der Waals surface area contributed by atoms with Crippen LogP contribution in [-0.4, -0.2) is 45.3 Å². The Bertz CT molecular complexity index is 1370. The van der Waals surface area contributed by atoms with Crippen LogP contribution < -0.4 is 10.0 Å². The van der Waals surface area contributed by atoms with Gasteiger partial charge in [0, 0.05) is 48.3 Å². The summed E-state index contributed by atoms with van der Waals surface area (Å²) in [4.78, 5) is 25.3. The molecule has 0 atom stereocenters. The molecular weight excluding hydrogens is 406 g/mol. The largest absolute Gasteiger partial charge is 0.319 e. The maximum absolute atomic E-state index is 12.8. The first-order chi connectivity index (χ1) is 14.3. The van der Waals surface area contributed by atoms with E-state index in [2.05, 4.69) is 30.1 Å². The predicted octanol–water partition coefficient (Wildman–Crippen LogP) is 2.05. The smallest absolute Gasteiger partial charge is 0.293 e. The van der Waals surface area contributed by atoms with E-state index in [0.29, 0.717) is 27.8 Å². The molecular formula is C19H17N7O3S. The van der Waals surface area contributed by atoms with Crippen LogP contribution in [0.4, 0.5) is 11.4 Å². The van der Waals surface area contributed by atoms with E-state index in [9.17, 15) is 13.2 Å². The molecule has 0 unspecified atom stereocenters. The Labute approximate surface area is 172 Å². The van der Waals surface area contributed by atoms with Gasteiger partial charge >= 0.3 is 0 Å². The molecule has 2 N–H and O–H groups in total. The van der Waals surface area contributed by atoms with E-state index >= 15 is 0 Å². The van der Waals surface area contributed by atoms with Crippen molar-refractivity contribution in [3.05, 3.63) is 61.1 Å². The zero-order valence-electron chi connectivity index (χ0n) is 16.1. The van der Waals surface area contributed by atoms with Crippen LogP contribution >= 0.6 is 0 Å². The zero-order valence-corrected chi connectivity index (χ0v) is 16.9. The summed E-state index contributed by atoms with van der Waals surface area (Å²) in [5.41, 5.74) is 2.84. The minimum Gasteiger partial charge on any atom is -0.319 e. The summed E-state index contributed by atoms with van der Waals surface area (Å²) in [6, 6.07) is 6.50. The molecule has 1 aromatic carbocycles. The molecule has 1 amide bonds. The number of carbonyl (C=O) groups is 1. The van der Waals surface area contributed by atoms with Gasteiger partial charge in [-0.2, -0.15) is 5.10 Å². The van der Waals surface area contributed by atoms with Crippen molar-refractivity contribution in [1.29, 1.82) is 0 Å². The molecule has 0 aliphatic rings. The van der Waals surface area contributed by atoms with Gasteiger partial charge in [0.15, 0.2) is 0 Å². The summed E-state index contributed by atoms with van der Waals surface area (Å²) in [5, 5.41) is 7.61. The summed E-state index contributed by atoms with van der Waals surface area (Å²) in [5.74, 6) is -0.553. The average Bonchev–Trinajstić information content (AvgIpc) is 3.12. The molecule has 0 saturated carbocycles. The van der Waals surface area contributed by atoms with E-state index in [1.165, 1.54) is 6.20 Å². The van der Waals surface area contributed by atoms with E-state index in [-0.39, 0.29) is 5.82 Å². The summed E-state index contributed by atoms with van der Waals surface area (Å²) in [6.45, 7) is 0. The number of nitrogens with one attached hydrogen (secondary N) is 2. The second-order valence-electron chi connectivity index (χ2n) is 6.62. The highest BCUT2D eigenvalue weighted by Gasteiger charge is 2.15. The number of fused-ring (bicyclic) bond motifs is 1. The van der Waals surface area contributed by atoms with Crippen LogP contribution in [0.1, 0.15) is 10.6 Å². The molecule has 0 spiro atoms. The number of anilines is 2. The molecule has 30 heavy (non-hydrogen) atoms. The number of amides is 1.